The number of hydrogen-bond donors (Lipinski definition) is 3. The number of halogens is 1. The third-order valence-electron chi connectivity index (χ3n) is 3.30. The number of benzene rings is 1. The van der Waals surface area contributed by atoms with Gasteiger partial charge in [-0.3, -0.25) is 9.59 Å². The summed E-state index contributed by atoms with van der Waals surface area (Å²) in [7, 11) is 0. The van der Waals surface area contributed by atoms with Crippen molar-refractivity contribution < 1.29 is 9.59 Å². The van der Waals surface area contributed by atoms with Crippen LogP contribution < -0.4 is 16.4 Å². The van der Waals surface area contributed by atoms with E-state index in [0.717, 1.165) is 10.2 Å². The van der Waals surface area contributed by atoms with Crippen LogP contribution in [-0.4, -0.2) is 27.3 Å². The number of anilines is 3. The molecule has 3 aromatic rings. The van der Waals surface area contributed by atoms with Crippen molar-refractivity contribution in [3.8, 4) is 0 Å². The van der Waals surface area contributed by atoms with Crippen LogP contribution in [-0.2, 0) is 4.79 Å². The molecule has 2 heterocycles. The average molecular weight is 484 g/mol. The molecule has 0 radical (unpaired) electrons. The molecule has 140 valence electrons. The normalized spacial score (nSPS) is 11.8. The largest absolute Gasteiger partial charge is 0.366 e. The van der Waals surface area contributed by atoms with E-state index in [9.17, 15) is 9.59 Å². The van der Waals surface area contributed by atoms with E-state index in [1.165, 1.54) is 34.4 Å². The number of carbonyl (C=O) groups excluding carboxylic acids is 2. The molecule has 0 bridgehead atoms. The van der Waals surface area contributed by atoms with Crippen LogP contribution in [0.1, 0.15) is 17.3 Å². The first-order chi connectivity index (χ1) is 12.9. The van der Waals surface area contributed by atoms with Crippen molar-refractivity contribution in [2.24, 2.45) is 5.73 Å². The molecule has 1 aromatic carbocycles. The molecule has 0 fully saturated rings. The third-order valence-corrected chi connectivity index (χ3v) is 6.64. The highest BCUT2D eigenvalue weighted by Gasteiger charge is 2.20. The number of thioether (sulfide) groups is 1. The van der Waals surface area contributed by atoms with E-state index in [1.54, 1.807) is 18.4 Å². The summed E-state index contributed by atoms with van der Waals surface area (Å²) in [6.45, 7) is 1.76. The summed E-state index contributed by atoms with van der Waals surface area (Å²) in [6, 6.07) is 9.30. The Bertz CT molecular complexity index is 974. The van der Waals surface area contributed by atoms with Crippen LogP contribution in [0, 0.1) is 0 Å². The molecule has 27 heavy (non-hydrogen) atoms. The van der Waals surface area contributed by atoms with Gasteiger partial charge in [0.05, 0.1) is 10.8 Å². The van der Waals surface area contributed by atoms with E-state index in [2.05, 4.69) is 36.8 Å². The number of carbonyl (C=O) groups is 2. The number of amides is 2. The van der Waals surface area contributed by atoms with E-state index in [4.69, 9.17) is 5.73 Å². The lowest BCUT2D eigenvalue weighted by Crippen LogP contribution is -2.23. The maximum Gasteiger partial charge on any atom is 0.251 e. The highest BCUT2D eigenvalue weighted by atomic mass is 79.9. The topological polar surface area (TPSA) is 110 Å². The molecule has 4 N–H and O–H groups in total. The second-order valence-electron chi connectivity index (χ2n) is 5.29. The van der Waals surface area contributed by atoms with E-state index in [0.29, 0.717) is 20.0 Å². The fourth-order valence-corrected chi connectivity index (χ4v) is 5.13. The molecule has 1 unspecified atom stereocenters. The maximum atomic E-state index is 12.4. The van der Waals surface area contributed by atoms with Gasteiger partial charge >= 0.3 is 0 Å². The molecular formula is C16H14BrN5O2S3. The Hall–Kier alpha value is -1.95. The summed E-state index contributed by atoms with van der Waals surface area (Å²) >= 11 is 7.33. The van der Waals surface area contributed by atoms with Crippen molar-refractivity contribution in [1.29, 1.82) is 0 Å². The van der Waals surface area contributed by atoms with Crippen LogP contribution in [0.3, 0.4) is 0 Å². The number of nitrogens with one attached hydrogen (secondary N) is 2. The zero-order chi connectivity index (χ0) is 19.4. The van der Waals surface area contributed by atoms with Gasteiger partial charge in [0.2, 0.25) is 11.0 Å². The number of thiophene rings is 1. The lowest BCUT2D eigenvalue weighted by Gasteiger charge is -2.09. The van der Waals surface area contributed by atoms with Gasteiger partial charge in [-0.25, -0.2) is 0 Å². The molecule has 0 aliphatic rings. The zero-order valence-corrected chi connectivity index (χ0v) is 18.0. The van der Waals surface area contributed by atoms with Gasteiger partial charge in [0.25, 0.3) is 5.91 Å². The van der Waals surface area contributed by atoms with Gasteiger partial charge in [-0.1, -0.05) is 45.1 Å². The molecule has 2 aromatic heterocycles. The van der Waals surface area contributed by atoms with Crippen molar-refractivity contribution in [1.82, 2.24) is 10.2 Å². The minimum atomic E-state index is -0.570. The quantitative estimate of drug-likeness (QED) is 0.431. The molecule has 1 atom stereocenters. The van der Waals surface area contributed by atoms with Crippen molar-refractivity contribution in [3.05, 3.63) is 45.7 Å². The SMILES string of the molecule is CC(Sc1nnc(Nc2cccc(Br)c2)s1)C(=O)Nc1sccc1C(N)=O. The molecular weight excluding hydrogens is 470 g/mol. The molecule has 2 amide bonds. The Morgan fingerprint density at radius 1 is 1.30 bits per heavy atom. The second kappa shape index (κ2) is 8.83. The van der Waals surface area contributed by atoms with Gasteiger partial charge < -0.3 is 16.4 Å². The smallest absolute Gasteiger partial charge is 0.251 e. The highest BCUT2D eigenvalue weighted by Crippen LogP contribution is 2.32. The second-order valence-corrected chi connectivity index (χ2v) is 9.68. The fourth-order valence-electron chi connectivity index (χ4n) is 2.02. The van der Waals surface area contributed by atoms with Crippen LogP contribution in [0.25, 0.3) is 0 Å². The Morgan fingerprint density at radius 2 is 2.11 bits per heavy atom. The first-order valence-corrected chi connectivity index (χ1v) is 11.0. The van der Waals surface area contributed by atoms with Gasteiger partial charge in [0, 0.05) is 10.2 Å². The molecule has 7 nitrogen and oxygen atoms in total. The van der Waals surface area contributed by atoms with Gasteiger partial charge in [0.1, 0.15) is 5.00 Å². The number of aromatic nitrogens is 2. The number of rotatable bonds is 7. The third kappa shape index (κ3) is 5.28. The molecule has 0 saturated heterocycles. The summed E-state index contributed by atoms with van der Waals surface area (Å²) < 4.78 is 1.62. The number of hydrogen-bond acceptors (Lipinski definition) is 8. The van der Waals surface area contributed by atoms with Crippen LogP contribution in [0.15, 0.2) is 44.5 Å². The first-order valence-electron chi connectivity index (χ1n) is 7.63. The van der Waals surface area contributed by atoms with E-state index < -0.39 is 11.2 Å². The summed E-state index contributed by atoms with van der Waals surface area (Å²) in [5.41, 5.74) is 6.49. The van der Waals surface area contributed by atoms with Crippen LogP contribution >= 0.6 is 50.4 Å². The number of primary amides is 1. The maximum absolute atomic E-state index is 12.4. The minimum Gasteiger partial charge on any atom is -0.366 e. The van der Waals surface area contributed by atoms with E-state index >= 15 is 0 Å². The molecule has 0 aliphatic carbocycles. The van der Waals surface area contributed by atoms with Gasteiger partial charge in [0.15, 0.2) is 4.34 Å². The Balaban J connectivity index is 1.60. The van der Waals surface area contributed by atoms with Crippen molar-refractivity contribution in [2.45, 2.75) is 16.5 Å². The summed E-state index contributed by atoms with van der Waals surface area (Å²) in [4.78, 5) is 23.7. The van der Waals surface area contributed by atoms with E-state index in [1.807, 2.05) is 24.3 Å². The predicted molar refractivity (Wildman–Crippen MR) is 114 cm³/mol. The fraction of sp³-hybridized carbons (Fsp3) is 0.125. The van der Waals surface area contributed by atoms with Crippen LogP contribution in [0.5, 0.6) is 0 Å². The summed E-state index contributed by atoms with van der Waals surface area (Å²) in [5.74, 6) is -0.805. The number of nitrogens with zero attached hydrogens (tertiary/aromatic N) is 2. The lowest BCUT2D eigenvalue weighted by atomic mass is 10.3. The Labute approximate surface area is 175 Å². The molecule has 0 aliphatic heterocycles. The Morgan fingerprint density at radius 3 is 2.85 bits per heavy atom. The highest BCUT2D eigenvalue weighted by molar-refractivity contribution is 9.10. The molecule has 3 rings (SSSR count). The lowest BCUT2D eigenvalue weighted by molar-refractivity contribution is -0.115. The monoisotopic (exact) mass is 483 g/mol. The number of nitrogens with two attached hydrogens (primary N) is 1. The standard InChI is InChI=1S/C16H14BrN5O2S3/c1-8(13(24)20-14-11(12(18)23)5-6-25-14)26-16-22-21-15(27-16)19-10-4-2-3-9(17)7-10/h2-8H,1H3,(H2,18,23)(H,19,21)(H,20,24). The average Bonchev–Trinajstić information content (AvgIpc) is 3.24. The van der Waals surface area contributed by atoms with Gasteiger partial charge in [-0.2, -0.15) is 0 Å². The molecule has 0 saturated carbocycles. The van der Waals surface area contributed by atoms with E-state index in [-0.39, 0.29) is 5.91 Å². The first kappa shape index (κ1) is 19.8. The summed E-state index contributed by atoms with van der Waals surface area (Å²) in [5, 5.41) is 16.5. The van der Waals surface area contributed by atoms with Gasteiger partial charge in [-0.15, -0.1) is 21.5 Å². The molecule has 0 spiro atoms. The van der Waals surface area contributed by atoms with Crippen LogP contribution in [0.2, 0.25) is 0 Å². The van der Waals surface area contributed by atoms with Crippen molar-refractivity contribution >= 4 is 78.0 Å². The minimum absolute atomic E-state index is 0.235. The van der Waals surface area contributed by atoms with Crippen LogP contribution in [0.4, 0.5) is 15.8 Å². The predicted octanol–water partition coefficient (Wildman–Crippen LogP) is 4.32. The summed E-state index contributed by atoms with van der Waals surface area (Å²) in [6.07, 6.45) is 0. The van der Waals surface area contributed by atoms with Crippen molar-refractivity contribution in [3.63, 3.8) is 0 Å². The zero-order valence-electron chi connectivity index (χ0n) is 13.9. The molecule has 11 heteroatoms. The van der Waals surface area contributed by atoms with Crippen molar-refractivity contribution in [2.75, 3.05) is 10.6 Å². The van der Waals surface area contributed by atoms with Gasteiger partial charge in [-0.05, 0) is 36.6 Å². The Kier molecular flexibility index (Phi) is 6.47.